The van der Waals surface area contributed by atoms with Gasteiger partial charge in [0.1, 0.15) is 5.75 Å². The van der Waals surface area contributed by atoms with Crippen molar-refractivity contribution < 1.29 is 14.6 Å². The van der Waals surface area contributed by atoms with Crippen molar-refractivity contribution in [2.45, 2.75) is 37.5 Å². The number of carboxylic acids is 1. The van der Waals surface area contributed by atoms with Crippen molar-refractivity contribution in [2.24, 2.45) is 5.92 Å². The summed E-state index contributed by atoms with van der Waals surface area (Å²) in [6.07, 6.45) is 4.98. The Morgan fingerprint density at radius 1 is 1.42 bits per heavy atom. The highest BCUT2D eigenvalue weighted by atomic mass is 79.9. The third-order valence-electron chi connectivity index (χ3n) is 4.27. The second-order valence-electron chi connectivity index (χ2n) is 5.64. The molecule has 0 bridgehead atoms. The molecule has 0 aliphatic heterocycles. The lowest BCUT2D eigenvalue weighted by Gasteiger charge is -2.38. The molecule has 0 atom stereocenters. The zero-order chi connectivity index (χ0) is 13.5. The molecular weight excluding hydrogens is 308 g/mol. The Balaban J connectivity index is 1.79. The summed E-state index contributed by atoms with van der Waals surface area (Å²) in [6, 6.07) is 5.71. The fourth-order valence-electron chi connectivity index (χ4n) is 2.56. The van der Waals surface area contributed by atoms with Gasteiger partial charge in [-0.15, -0.1) is 0 Å². The summed E-state index contributed by atoms with van der Waals surface area (Å²) < 4.78 is 6.61. The highest BCUT2D eigenvalue weighted by Crippen LogP contribution is 2.45. The first-order valence-corrected chi connectivity index (χ1v) is 7.57. The Hall–Kier alpha value is -1.03. The van der Waals surface area contributed by atoms with Gasteiger partial charge >= 0.3 is 5.97 Å². The van der Waals surface area contributed by atoms with E-state index in [9.17, 15) is 9.90 Å². The minimum Gasteiger partial charge on any atom is -0.492 e. The Morgan fingerprint density at radius 3 is 2.63 bits per heavy atom. The third-order valence-corrected chi connectivity index (χ3v) is 4.89. The maximum absolute atomic E-state index is 11.5. The fraction of sp³-hybridized carbons (Fsp3) is 0.533. The quantitative estimate of drug-likeness (QED) is 0.897. The summed E-state index contributed by atoms with van der Waals surface area (Å²) in [4.78, 5) is 11.5. The van der Waals surface area contributed by atoms with Crippen molar-refractivity contribution >= 4 is 21.9 Å². The summed E-state index contributed by atoms with van der Waals surface area (Å²) in [5, 5.41) is 9.44. The number of halogens is 1. The van der Waals surface area contributed by atoms with Crippen molar-refractivity contribution in [2.75, 3.05) is 6.61 Å². The van der Waals surface area contributed by atoms with E-state index in [4.69, 9.17) is 4.74 Å². The molecule has 4 heteroatoms. The molecule has 0 unspecified atom stereocenters. The molecule has 0 heterocycles. The zero-order valence-corrected chi connectivity index (χ0v) is 12.3. The number of carbonyl (C=O) groups is 1. The third kappa shape index (κ3) is 2.38. The molecule has 2 saturated carbocycles. The van der Waals surface area contributed by atoms with E-state index < -0.39 is 11.4 Å². The normalized spacial score (nSPS) is 20.7. The lowest BCUT2D eigenvalue weighted by Crippen LogP contribution is -2.42. The Kier molecular flexibility index (Phi) is 3.29. The van der Waals surface area contributed by atoms with E-state index in [1.165, 1.54) is 12.8 Å². The van der Waals surface area contributed by atoms with Crippen LogP contribution in [0.3, 0.4) is 0 Å². The van der Waals surface area contributed by atoms with Crippen LogP contribution < -0.4 is 4.74 Å². The first-order valence-electron chi connectivity index (χ1n) is 6.78. The SMILES string of the molecule is O=C(O)C1(c2ccc(OCC3CC3)c(Br)c2)CCC1. The minimum atomic E-state index is -0.711. The van der Waals surface area contributed by atoms with Crippen molar-refractivity contribution in [3.05, 3.63) is 28.2 Å². The molecule has 2 aliphatic carbocycles. The molecule has 0 radical (unpaired) electrons. The predicted octanol–water partition coefficient (Wildman–Crippen LogP) is 3.74. The van der Waals surface area contributed by atoms with Crippen LogP contribution in [0, 0.1) is 5.92 Å². The molecule has 19 heavy (non-hydrogen) atoms. The van der Waals surface area contributed by atoms with Crippen LogP contribution in [-0.4, -0.2) is 17.7 Å². The number of rotatable bonds is 5. The second kappa shape index (κ2) is 4.82. The van der Waals surface area contributed by atoms with Gasteiger partial charge in [0.2, 0.25) is 0 Å². The summed E-state index contributed by atoms with van der Waals surface area (Å²) in [5.41, 5.74) is 0.217. The van der Waals surface area contributed by atoms with E-state index in [-0.39, 0.29) is 0 Å². The standard InChI is InChI=1S/C15H17BrO3/c16-12-8-11(15(14(17)18)6-1-7-15)4-5-13(12)19-9-10-2-3-10/h4-5,8,10H,1-3,6-7,9H2,(H,17,18). The summed E-state index contributed by atoms with van der Waals surface area (Å²) in [7, 11) is 0. The monoisotopic (exact) mass is 324 g/mol. The smallest absolute Gasteiger partial charge is 0.314 e. The molecule has 0 spiro atoms. The van der Waals surface area contributed by atoms with Crippen LogP contribution in [0.15, 0.2) is 22.7 Å². The van der Waals surface area contributed by atoms with Crippen LogP contribution in [0.4, 0.5) is 0 Å². The number of hydrogen-bond donors (Lipinski definition) is 1. The molecule has 1 aromatic rings. The largest absolute Gasteiger partial charge is 0.492 e. The van der Waals surface area contributed by atoms with Gasteiger partial charge in [-0.2, -0.15) is 0 Å². The first-order chi connectivity index (χ1) is 9.12. The molecule has 0 saturated heterocycles. The Labute approximate surface area is 121 Å². The van der Waals surface area contributed by atoms with E-state index in [1.54, 1.807) is 0 Å². The Morgan fingerprint density at radius 2 is 2.16 bits per heavy atom. The average Bonchev–Trinajstić information content (AvgIpc) is 3.09. The van der Waals surface area contributed by atoms with Gasteiger partial charge < -0.3 is 9.84 Å². The molecule has 0 amide bonds. The van der Waals surface area contributed by atoms with Crippen molar-refractivity contribution in [1.29, 1.82) is 0 Å². The lowest BCUT2D eigenvalue weighted by atomic mass is 9.64. The molecule has 2 fully saturated rings. The van der Waals surface area contributed by atoms with Crippen LogP contribution in [0.2, 0.25) is 0 Å². The highest BCUT2D eigenvalue weighted by molar-refractivity contribution is 9.10. The fourth-order valence-corrected chi connectivity index (χ4v) is 3.06. The molecule has 102 valence electrons. The van der Waals surface area contributed by atoms with Crippen LogP contribution in [-0.2, 0) is 10.2 Å². The van der Waals surface area contributed by atoms with E-state index >= 15 is 0 Å². The number of carboxylic acid groups (broad SMARTS) is 1. The van der Waals surface area contributed by atoms with E-state index in [0.717, 1.165) is 41.7 Å². The van der Waals surface area contributed by atoms with Gasteiger partial charge in [-0.3, -0.25) is 4.79 Å². The topological polar surface area (TPSA) is 46.5 Å². The van der Waals surface area contributed by atoms with Crippen LogP contribution >= 0.6 is 15.9 Å². The maximum atomic E-state index is 11.5. The summed E-state index contributed by atoms with van der Waals surface area (Å²) >= 11 is 3.49. The molecule has 3 nitrogen and oxygen atoms in total. The second-order valence-corrected chi connectivity index (χ2v) is 6.49. The van der Waals surface area contributed by atoms with Gasteiger partial charge in [0, 0.05) is 0 Å². The van der Waals surface area contributed by atoms with Crippen molar-refractivity contribution in [3.8, 4) is 5.75 Å². The lowest BCUT2D eigenvalue weighted by molar-refractivity contribution is -0.147. The van der Waals surface area contributed by atoms with E-state index in [1.807, 2.05) is 18.2 Å². The molecule has 0 aromatic heterocycles. The van der Waals surface area contributed by atoms with E-state index in [2.05, 4.69) is 15.9 Å². The predicted molar refractivity (Wildman–Crippen MR) is 75.5 cm³/mol. The van der Waals surface area contributed by atoms with Gasteiger partial charge in [0.05, 0.1) is 16.5 Å². The zero-order valence-electron chi connectivity index (χ0n) is 10.7. The molecule has 3 rings (SSSR count). The molecule has 2 aliphatic rings. The minimum absolute atomic E-state index is 0.669. The number of hydrogen-bond acceptors (Lipinski definition) is 2. The molecule has 1 aromatic carbocycles. The van der Waals surface area contributed by atoms with Crippen molar-refractivity contribution in [3.63, 3.8) is 0 Å². The molecule has 1 N–H and O–H groups in total. The Bertz CT molecular complexity index is 504. The van der Waals surface area contributed by atoms with Gasteiger partial charge in [0.15, 0.2) is 0 Å². The van der Waals surface area contributed by atoms with Gasteiger partial charge in [-0.1, -0.05) is 12.5 Å². The van der Waals surface area contributed by atoms with Crippen molar-refractivity contribution in [1.82, 2.24) is 0 Å². The number of aliphatic carboxylic acids is 1. The number of benzene rings is 1. The van der Waals surface area contributed by atoms with Crippen LogP contribution in [0.25, 0.3) is 0 Å². The van der Waals surface area contributed by atoms with Gasteiger partial charge in [-0.25, -0.2) is 0 Å². The molecular formula is C15H17BrO3. The van der Waals surface area contributed by atoms with Gasteiger partial charge in [-0.05, 0) is 65.2 Å². The van der Waals surface area contributed by atoms with Crippen LogP contribution in [0.5, 0.6) is 5.75 Å². The van der Waals surface area contributed by atoms with Crippen LogP contribution in [0.1, 0.15) is 37.7 Å². The average molecular weight is 325 g/mol. The summed E-state index contributed by atoms with van der Waals surface area (Å²) in [5.74, 6) is 0.816. The first kappa shape index (κ1) is 13.0. The van der Waals surface area contributed by atoms with E-state index in [0.29, 0.717) is 5.92 Å². The number of ether oxygens (including phenoxy) is 1. The summed E-state index contributed by atoms with van der Waals surface area (Å²) in [6.45, 7) is 0.766. The maximum Gasteiger partial charge on any atom is 0.314 e. The van der Waals surface area contributed by atoms with Gasteiger partial charge in [0.25, 0.3) is 0 Å². The highest BCUT2D eigenvalue weighted by Gasteiger charge is 2.46.